The maximum atomic E-state index is 11.6. The quantitative estimate of drug-likeness (QED) is 0.649. The minimum Gasteiger partial charge on any atom is -0.464 e. The number of hydrogen-bond donors (Lipinski definition) is 1. The molecule has 0 saturated heterocycles. The molecule has 1 aliphatic heterocycles. The van der Waals surface area contributed by atoms with Gasteiger partial charge in [-0.15, -0.1) is 0 Å². The molecule has 0 aliphatic carbocycles. The van der Waals surface area contributed by atoms with Crippen LogP contribution in [0.15, 0.2) is 24.3 Å². The lowest BCUT2D eigenvalue weighted by Crippen LogP contribution is -2.35. The number of hydrogen-bond acceptors (Lipinski definition) is 3. The molecule has 0 saturated carbocycles. The van der Waals surface area contributed by atoms with E-state index in [-0.39, 0.29) is 5.78 Å². The Balaban J connectivity index is 2.49. The maximum Gasteiger partial charge on any atom is 0.207 e. The lowest BCUT2D eigenvalue weighted by atomic mass is 9.95. The van der Waals surface area contributed by atoms with E-state index >= 15 is 0 Å². The predicted molar refractivity (Wildman–Crippen MR) is 46.6 cm³/mol. The summed E-state index contributed by atoms with van der Waals surface area (Å²) < 4.78 is 5.15. The van der Waals surface area contributed by atoms with Crippen LogP contribution in [0.4, 0.5) is 0 Å². The Kier molecular flexibility index (Phi) is 1.81. The number of para-hydroxylation sites is 1. The molecule has 2 rings (SSSR count). The molecule has 13 heavy (non-hydrogen) atoms. The van der Waals surface area contributed by atoms with Gasteiger partial charge in [-0.2, -0.15) is 0 Å². The number of ether oxygens (including phenoxy) is 1. The molecule has 1 aromatic rings. The first kappa shape index (κ1) is 8.26. The van der Waals surface area contributed by atoms with Crippen molar-refractivity contribution in [2.45, 2.75) is 13.2 Å². The Labute approximate surface area is 76.0 Å². The van der Waals surface area contributed by atoms with Gasteiger partial charge in [0.2, 0.25) is 6.29 Å². The number of rotatable bonds is 0. The molecule has 1 aromatic carbocycles. The van der Waals surface area contributed by atoms with Gasteiger partial charge in [0, 0.05) is 0 Å². The van der Waals surface area contributed by atoms with Crippen molar-refractivity contribution in [2.24, 2.45) is 5.92 Å². The van der Waals surface area contributed by atoms with Gasteiger partial charge in [-0.1, -0.05) is 12.1 Å². The molecule has 2 atom stereocenters. The number of aliphatic hydroxyl groups excluding tert-OH is 1. The molecule has 0 spiro atoms. The topological polar surface area (TPSA) is 46.5 Å². The monoisotopic (exact) mass is 178 g/mol. The van der Waals surface area contributed by atoms with Crippen LogP contribution in [0.2, 0.25) is 0 Å². The summed E-state index contributed by atoms with van der Waals surface area (Å²) in [6.07, 6.45) is -1.01. The van der Waals surface area contributed by atoms with Gasteiger partial charge in [-0.25, -0.2) is 0 Å². The van der Waals surface area contributed by atoms with E-state index < -0.39 is 12.2 Å². The molecule has 1 heterocycles. The first-order valence-corrected chi connectivity index (χ1v) is 4.18. The van der Waals surface area contributed by atoms with Gasteiger partial charge in [0.15, 0.2) is 5.78 Å². The fourth-order valence-corrected chi connectivity index (χ4v) is 1.38. The van der Waals surface area contributed by atoms with Crippen LogP contribution in [0.3, 0.4) is 0 Å². The van der Waals surface area contributed by atoms with E-state index in [1.54, 1.807) is 31.2 Å². The molecule has 0 aromatic heterocycles. The number of Topliss-reactive ketones (excluding diaryl/α,β-unsaturated/α-hetero) is 1. The summed E-state index contributed by atoms with van der Waals surface area (Å²) in [5.74, 6) is -0.0673. The van der Waals surface area contributed by atoms with E-state index in [1.807, 2.05) is 0 Å². The van der Waals surface area contributed by atoms with Crippen LogP contribution in [-0.4, -0.2) is 17.2 Å². The second-order valence-corrected chi connectivity index (χ2v) is 3.16. The Morgan fingerprint density at radius 3 is 2.85 bits per heavy atom. The highest BCUT2D eigenvalue weighted by Gasteiger charge is 2.31. The summed E-state index contributed by atoms with van der Waals surface area (Å²) in [6, 6.07) is 6.95. The van der Waals surface area contributed by atoms with Crippen molar-refractivity contribution in [3.8, 4) is 5.75 Å². The van der Waals surface area contributed by atoms with Crippen LogP contribution in [0.25, 0.3) is 0 Å². The smallest absolute Gasteiger partial charge is 0.207 e. The highest BCUT2D eigenvalue weighted by Crippen LogP contribution is 2.29. The summed E-state index contributed by atoms with van der Waals surface area (Å²) in [7, 11) is 0. The van der Waals surface area contributed by atoms with Crippen molar-refractivity contribution in [3.05, 3.63) is 29.8 Å². The summed E-state index contributed by atoms with van der Waals surface area (Å²) in [6.45, 7) is 1.66. The number of benzene rings is 1. The van der Waals surface area contributed by atoms with Crippen molar-refractivity contribution < 1.29 is 14.6 Å². The van der Waals surface area contributed by atoms with Crippen LogP contribution in [-0.2, 0) is 0 Å². The molecule has 0 radical (unpaired) electrons. The van der Waals surface area contributed by atoms with Gasteiger partial charge in [-0.05, 0) is 19.1 Å². The Morgan fingerprint density at radius 2 is 2.08 bits per heavy atom. The lowest BCUT2D eigenvalue weighted by Gasteiger charge is -2.26. The van der Waals surface area contributed by atoms with E-state index in [0.717, 1.165) is 0 Å². The number of ketones is 1. The molecule has 1 N–H and O–H groups in total. The second kappa shape index (κ2) is 2.85. The van der Waals surface area contributed by atoms with Crippen LogP contribution in [0.1, 0.15) is 17.3 Å². The summed E-state index contributed by atoms with van der Waals surface area (Å²) in [4.78, 5) is 11.6. The minimum atomic E-state index is -1.01. The molecule has 0 bridgehead atoms. The third kappa shape index (κ3) is 1.21. The molecule has 3 nitrogen and oxygen atoms in total. The Bertz CT molecular complexity index is 346. The molecule has 1 aliphatic rings. The number of fused-ring (bicyclic) bond motifs is 1. The van der Waals surface area contributed by atoms with E-state index in [4.69, 9.17) is 4.74 Å². The van der Waals surface area contributed by atoms with Crippen molar-refractivity contribution in [3.63, 3.8) is 0 Å². The molecule has 0 amide bonds. The zero-order chi connectivity index (χ0) is 9.42. The van der Waals surface area contributed by atoms with Crippen molar-refractivity contribution in [1.82, 2.24) is 0 Å². The van der Waals surface area contributed by atoms with Crippen LogP contribution in [0.5, 0.6) is 5.75 Å². The standard InChI is InChI=1S/C10H10O3/c1-6-9(11)7-4-2-3-5-8(7)13-10(6)12/h2-6,10,12H,1H3/t6-,10+/m0/s1. The number of aliphatic hydroxyl groups is 1. The van der Waals surface area contributed by atoms with Crippen molar-refractivity contribution in [1.29, 1.82) is 0 Å². The molecule has 68 valence electrons. The van der Waals surface area contributed by atoms with E-state index in [9.17, 15) is 9.90 Å². The fourth-order valence-electron chi connectivity index (χ4n) is 1.38. The SMILES string of the molecule is C[C@H]1C(=O)c2ccccc2O[C@H]1O. The Morgan fingerprint density at radius 1 is 1.38 bits per heavy atom. The Hall–Kier alpha value is -1.35. The van der Waals surface area contributed by atoms with Gasteiger partial charge >= 0.3 is 0 Å². The maximum absolute atomic E-state index is 11.6. The van der Waals surface area contributed by atoms with Crippen LogP contribution in [0, 0.1) is 5.92 Å². The molecule has 0 unspecified atom stereocenters. The van der Waals surface area contributed by atoms with Gasteiger partial charge in [-0.3, -0.25) is 4.79 Å². The zero-order valence-electron chi connectivity index (χ0n) is 7.23. The zero-order valence-corrected chi connectivity index (χ0v) is 7.23. The second-order valence-electron chi connectivity index (χ2n) is 3.16. The average Bonchev–Trinajstić information content (AvgIpc) is 2.15. The van der Waals surface area contributed by atoms with Crippen LogP contribution < -0.4 is 4.74 Å². The van der Waals surface area contributed by atoms with E-state index in [2.05, 4.69) is 0 Å². The summed E-state index contributed by atoms with van der Waals surface area (Å²) in [5.41, 5.74) is 0.556. The molecule has 0 fully saturated rings. The summed E-state index contributed by atoms with van der Waals surface area (Å²) >= 11 is 0. The normalized spacial score (nSPS) is 26.5. The highest BCUT2D eigenvalue weighted by atomic mass is 16.6. The summed E-state index contributed by atoms with van der Waals surface area (Å²) in [5, 5.41) is 9.35. The first-order valence-electron chi connectivity index (χ1n) is 4.18. The third-order valence-electron chi connectivity index (χ3n) is 2.24. The average molecular weight is 178 g/mol. The van der Waals surface area contributed by atoms with Gasteiger partial charge < -0.3 is 9.84 Å². The number of carbonyl (C=O) groups excluding carboxylic acids is 1. The minimum absolute atomic E-state index is 0.0608. The van der Waals surface area contributed by atoms with Crippen LogP contribution >= 0.6 is 0 Å². The fraction of sp³-hybridized carbons (Fsp3) is 0.300. The van der Waals surface area contributed by atoms with Gasteiger partial charge in [0.1, 0.15) is 5.75 Å². The third-order valence-corrected chi connectivity index (χ3v) is 2.24. The largest absolute Gasteiger partial charge is 0.464 e. The van der Waals surface area contributed by atoms with Crippen molar-refractivity contribution >= 4 is 5.78 Å². The predicted octanol–water partition coefficient (Wildman–Crippen LogP) is 1.22. The van der Waals surface area contributed by atoms with E-state index in [0.29, 0.717) is 11.3 Å². The number of carbonyl (C=O) groups is 1. The van der Waals surface area contributed by atoms with E-state index in [1.165, 1.54) is 0 Å². The molecule has 3 heteroatoms. The first-order chi connectivity index (χ1) is 6.20. The van der Waals surface area contributed by atoms with Crippen molar-refractivity contribution in [2.75, 3.05) is 0 Å². The molecular formula is C10H10O3. The van der Waals surface area contributed by atoms with Gasteiger partial charge in [0.25, 0.3) is 0 Å². The lowest BCUT2D eigenvalue weighted by molar-refractivity contribution is -0.0544. The highest BCUT2D eigenvalue weighted by molar-refractivity contribution is 6.01. The molecular weight excluding hydrogens is 168 g/mol. The van der Waals surface area contributed by atoms with Gasteiger partial charge in [0.05, 0.1) is 11.5 Å².